The van der Waals surface area contributed by atoms with E-state index in [0.717, 1.165) is 0 Å². The molecule has 172 valence electrons. The summed E-state index contributed by atoms with van der Waals surface area (Å²) in [5.74, 6) is 0.941. The summed E-state index contributed by atoms with van der Waals surface area (Å²) < 4.78 is 44.4. The van der Waals surface area contributed by atoms with Gasteiger partial charge in [-0.1, -0.05) is 17.7 Å². The standard InChI is InChI=1S/C23H21ClN2O6S/c1-30-18-8-6-16(7-9-18)26-33(28,29)19-5-2-4-17(14-19)25-23(27)15-12-20(24)22-21(13-15)31-10-3-11-32-22/h2,4-9,12-14,26H,3,10-11H2,1H3,(H,25,27). The van der Waals surface area contributed by atoms with Crippen molar-refractivity contribution < 1.29 is 27.4 Å². The highest BCUT2D eigenvalue weighted by molar-refractivity contribution is 7.92. The third-order valence-electron chi connectivity index (χ3n) is 4.81. The fraction of sp³-hybridized carbons (Fsp3) is 0.174. The minimum absolute atomic E-state index is 0.00666. The van der Waals surface area contributed by atoms with Crippen molar-refractivity contribution in [3.8, 4) is 17.2 Å². The first kappa shape index (κ1) is 22.8. The molecule has 0 saturated carbocycles. The number of rotatable bonds is 6. The average Bonchev–Trinajstić information content (AvgIpc) is 3.05. The van der Waals surface area contributed by atoms with Gasteiger partial charge in [-0.2, -0.15) is 0 Å². The minimum atomic E-state index is -3.88. The lowest BCUT2D eigenvalue weighted by atomic mass is 10.1. The number of carbonyl (C=O) groups excluding carboxylic acids is 1. The first-order valence-corrected chi connectivity index (χ1v) is 11.9. The Balaban J connectivity index is 1.52. The van der Waals surface area contributed by atoms with Crippen molar-refractivity contribution >= 4 is 38.9 Å². The van der Waals surface area contributed by atoms with Crippen molar-refractivity contribution in [3.05, 3.63) is 71.2 Å². The fourth-order valence-electron chi connectivity index (χ4n) is 3.18. The van der Waals surface area contributed by atoms with E-state index in [1.807, 2.05) is 0 Å². The van der Waals surface area contributed by atoms with E-state index in [2.05, 4.69) is 10.0 Å². The van der Waals surface area contributed by atoms with Gasteiger partial charge >= 0.3 is 0 Å². The molecule has 4 rings (SSSR count). The number of hydrogen-bond acceptors (Lipinski definition) is 6. The molecule has 1 aliphatic rings. The summed E-state index contributed by atoms with van der Waals surface area (Å²) in [6, 6.07) is 15.5. The molecule has 33 heavy (non-hydrogen) atoms. The second kappa shape index (κ2) is 9.60. The monoisotopic (exact) mass is 488 g/mol. The van der Waals surface area contributed by atoms with Crippen molar-refractivity contribution in [2.75, 3.05) is 30.4 Å². The average molecular weight is 489 g/mol. The number of sulfonamides is 1. The van der Waals surface area contributed by atoms with Crippen molar-refractivity contribution in [2.24, 2.45) is 0 Å². The van der Waals surface area contributed by atoms with E-state index < -0.39 is 15.9 Å². The lowest BCUT2D eigenvalue weighted by Gasteiger charge is -2.13. The Morgan fingerprint density at radius 2 is 1.76 bits per heavy atom. The summed E-state index contributed by atoms with van der Waals surface area (Å²) in [5.41, 5.74) is 0.946. The third kappa shape index (κ3) is 5.32. The Labute approximate surface area is 196 Å². The molecule has 0 bridgehead atoms. The third-order valence-corrected chi connectivity index (χ3v) is 6.47. The zero-order chi connectivity index (χ0) is 23.4. The zero-order valence-corrected chi connectivity index (χ0v) is 19.2. The van der Waals surface area contributed by atoms with Crippen LogP contribution in [0.1, 0.15) is 16.8 Å². The molecule has 0 saturated heterocycles. The van der Waals surface area contributed by atoms with E-state index in [9.17, 15) is 13.2 Å². The number of ether oxygens (including phenoxy) is 3. The summed E-state index contributed by atoms with van der Waals surface area (Å²) in [5, 5.41) is 2.96. The highest BCUT2D eigenvalue weighted by atomic mass is 35.5. The van der Waals surface area contributed by atoms with Crippen molar-refractivity contribution in [1.82, 2.24) is 0 Å². The van der Waals surface area contributed by atoms with Crippen LogP contribution in [0.15, 0.2) is 65.6 Å². The van der Waals surface area contributed by atoms with Crippen LogP contribution in [0.25, 0.3) is 0 Å². The summed E-state index contributed by atoms with van der Waals surface area (Å²) in [6.07, 6.45) is 0.707. The predicted octanol–water partition coefficient (Wildman–Crippen LogP) is 4.56. The molecule has 0 aromatic heterocycles. The SMILES string of the molecule is COc1ccc(NS(=O)(=O)c2cccc(NC(=O)c3cc(Cl)c4c(c3)OCCCO4)c2)cc1. The number of methoxy groups -OCH3 is 1. The highest BCUT2D eigenvalue weighted by Gasteiger charge is 2.20. The largest absolute Gasteiger partial charge is 0.497 e. The highest BCUT2D eigenvalue weighted by Crippen LogP contribution is 2.38. The van der Waals surface area contributed by atoms with Crippen molar-refractivity contribution in [1.29, 1.82) is 0 Å². The van der Waals surface area contributed by atoms with E-state index in [4.69, 9.17) is 25.8 Å². The second-order valence-corrected chi connectivity index (χ2v) is 9.24. The molecule has 0 spiro atoms. The van der Waals surface area contributed by atoms with Gasteiger partial charge in [0.1, 0.15) is 5.75 Å². The van der Waals surface area contributed by atoms with Crippen LogP contribution in [0.2, 0.25) is 5.02 Å². The number of halogens is 1. The first-order chi connectivity index (χ1) is 15.9. The number of carbonyl (C=O) groups is 1. The summed E-state index contributed by atoms with van der Waals surface area (Å²) in [6.45, 7) is 0.930. The molecule has 1 amide bonds. The van der Waals surface area contributed by atoms with Crippen LogP contribution in [0.3, 0.4) is 0 Å². The molecular formula is C23H21ClN2O6S. The Morgan fingerprint density at radius 3 is 2.52 bits per heavy atom. The van der Waals surface area contributed by atoms with Crippen molar-refractivity contribution in [3.63, 3.8) is 0 Å². The summed E-state index contributed by atoms with van der Waals surface area (Å²) in [7, 11) is -2.35. The molecule has 10 heteroatoms. The molecule has 0 aliphatic carbocycles. The molecule has 0 atom stereocenters. The van der Waals surface area contributed by atoms with Gasteiger partial charge in [0.25, 0.3) is 15.9 Å². The van der Waals surface area contributed by atoms with Crippen LogP contribution >= 0.6 is 11.6 Å². The summed E-state index contributed by atoms with van der Waals surface area (Å²) in [4.78, 5) is 12.8. The van der Waals surface area contributed by atoms with E-state index in [0.29, 0.717) is 48.3 Å². The van der Waals surface area contributed by atoms with Gasteiger partial charge in [-0.25, -0.2) is 8.42 Å². The quantitative estimate of drug-likeness (QED) is 0.527. The van der Waals surface area contributed by atoms with Gasteiger partial charge in [0, 0.05) is 23.4 Å². The topological polar surface area (TPSA) is 103 Å². The maximum Gasteiger partial charge on any atom is 0.261 e. The normalized spacial score (nSPS) is 13.0. The number of benzene rings is 3. The number of fused-ring (bicyclic) bond motifs is 1. The van der Waals surface area contributed by atoms with Crippen LogP contribution in [-0.4, -0.2) is 34.6 Å². The van der Waals surface area contributed by atoms with E-state index in [-0.39, 0.29) is 15.5 Å². The Kier molecular flexibility index (Phi) is 6.62. The van der Waals surface area contributed by atoms with Gasteiger partial charge in [-0.3, -0.25) is 9.52 Å². The maximum atomic E-state index is 12.8. The van der Waals surface area contributed by atoms with Gasteiger partial charge in [0.2, 0.25) is 0 Å². The van der Waals surface area contributed by atoms with Gasteiger partial charge in [0.05, 0.1) is 30.2 Å². The maximum absolute atomic E-state index is 12.8. The number of nitrogens with one attached hydrogen (secondary N) is 2. The predicted molar refractivity (Wildman–Crippen MR) is 125 cm³/mol. The molecule has 8 nitrogen and oxygen atoms in total. The zero-order valence-electron chi connectivity index (χ0n) is 17.6. The smallest absolute Gasteiger partial charge is 0.261 e. The number of hydrogen-bond donors (Lipinski definition) is 2. The molecule has 2 N–H and O–H groups in total. The van der Waals surface area contributed by atoms with Gasteiger partial charge in [0.15, 0.2) is 11.5 Å². The molecule has 0 radical (unpaired) electrons. The lowest BCUT2D eigenvalue weighted by Crippen LogP contribution is -2.15. The van der Waals surface area contributed by atoms with Crippen molar-refractivity contribution in [2.45, 2.75) is 11.3 Å². The Bertz CT molecular complexity index is 1280. The van der Waals surface area contributed by atoms with Gasteiger partial charge in [-0.05, 0) is 54.6 Å². The first-order valence-electron chi connectivity index (χ1n) is 10.0. The summed E-state index contributed by atoms with van der Waals surface area (Å²) >= 11 is 6.27. The van der Waals surface area contributed by atoms with E-state index in [1.165, 1.54) is 25.3 Å². The second-order valence-electron chi connectivity index (χ2n) is 7.15. The molecule has 1 aliphatic heterocycles. The number of anilines is 2. The van der Waals surface area contributed by atoms with Crippen LogP contribution in [0, 0.1) is 0 Å². The van der Waals surface area contributed by atoms with Gasteiger partial charge < -0.3 is 19.5 Å². The van der Waals surface area contributed by atoms with Crippen LogP contribution < -0.4 is 24.2 Å². The molecule has 1 heterocycles. The fourth-order valence-corrected chi connectivity index (χ4v) is 4.55. The minimum Gasteiger partial charge on any atom is -0.497 e. The lowest BCUT2D eigenvalue weighted by molar-refractivity contribution is 0.102. The Hall–Kier alpha value is -3.43. The molecule has 0 fully saturated rings. The number of amides is 1. The molecule has 3 aromatic carbocycles. The van der Waals surface area contributed by atoms with Crippen LogP contribution in [0.5, 0.6) is 17.2 Å². The van der Waals surface area contributed by atoms with E-state index >= 15 is 0 Å². The van der Waals surface area contributed by atoms with Gasteiger partial charge in [-0.15, -0.1) is 0 Å². The molecular weight excluding hydrogens is 468 g/mol. The van der Waals surface area contributed by atoms with E-state index in [1.54, 1.807) is 42.5 Å². The molecule has 0 unspecified atom stereocenters. The van der Waals surface area contributed by atoms with Crippen LogP contribution in [0.4, 0.5) is 11.4 Å². The van der Waals surface area contributed by atoms with Crippen LogP contribution in [-0.2, 0) is 10.0 Å². The Morgan fingerprint density at radius 1 is 1.00 bits per heavy atom. The molecule has 3 aromatic rings.